The summed E-state index contributed by atoms with van der Waals surface area (Å²) in [5, 5.41) is 0. The van der Waals surface area contributed by atoms with Gasteiger partial charge in [0.1, 0.15) is 6.29 Å². The Morgan fingerprint density at radius 3 is 3.19 bits per heavy atom. The average Bonchev–Trinajstić information content (AvgIpc) is 2.30. The summed E-state index contributed by atoms with van der Waals surface area (Å²) in [6, 6.07) is 7.71. The minimum absolute atomic E-state index is 0.0252. The minimum Gasteiger partial charge on any atom is -0.399 e. The molecule has 1 unspecified atom stereocenters. The van der Waals surface area contributed by atoms with E-state index in [4.69, 9.17) is 10.5 Å². The SMILES string of the molecule is Nc1cccc(C2CN(CC=O)CCO2)c1. The molecular formula is C12H16N2O2. The van der Waals surface area contributed by atoms with Gasteiger partial charge in [0.15, 0.2) is 0 Å². The molecule has 0 bridgehead atoms. The maximum atomic E-state index is 10.5. The zero-order chi connectivity index (χ0) is 11.4. The molecule has 1 aromatic carbocycles. The third kappa shape index (κ3) is 2.59. The Bertz CT molecular complexity index is 368. The highest BCUT2D eigenvalue weighted by molar-refractivity contribution is 5.52. The molecule has 86 valence electrons. The van der Waals surface area contributed by atoms with Crippen molar-refractivity contribution in [3.05, 3.63) is 29.8 Å². The summed E-state index contributed by atoms with van der Waals surface area (Å²) in [6.45, 7) is 2.70. The number of aldehydes is 1. The molecule has 1 fully saturated rings. The summed E-state index contributed by atoms with van der Waals surface area (Å²) in [7, 11) is 0. The molecule has 0 spiro atoms. The number of carbonyl (C=O) groups excluding carboxylic acids is 1. The molecule has 1 aromatic rings. The maximum Gasteiger partial charge on any atom is 0.133 e. The summed E-state index contributed by atoms with van der Waals surface area (Å²) in [4.78, 5) is 12.6. The zero-order valence-corrected chi connectivity index (χ0v) is 9.13. The van der Waals surface area contributed by atoms with Crippen LogP contribution in [0.25, 0.3) is 0 Å². The largest absolute Gasteiger partial charge is 0.399 e. The number of nitrogens with two attached hydrogens (primary N) is 1. The Kier molecular flexibility index (Phi) is 3.54. The normalized spacial score (nSPS) is 21.9. The van der Waals surface area contributed by atoms with Crippen molar-refractivity contribution in [2.75, 3.05) is 32.0 Å². The van der Waals surface area contributed by atoms with Crippen LogP contribution in [0.1, 0.15) is 11.7 Å². The van der Waals surface area contributed by atoms with Crippen molar-refractivity contribution in [2.45, 2.75) is 6.10 Å². The molecule has 2 N–H and O–H groups in total. The van der Waals surface area contributed by atoms with Crippen LogP contribution in [0.15, 0.2) is 24.3 Å². The number of rotatable bonds is 3. The second kappa shape index (κ2) is 5.09. The van der Waals surface area contributed by atoms with E-state index in [1.807, 2.05) is 24.3 Å². The van der Waals surface area contributed by atoms with Crippen LogP contribution in [0.3, 0.4) is 0 Å². The van der Waals surface area contributed by atoms with Gasteiger partial charge in [0.05, 0.1) is 19.3 Å². The van der Waals surface area contributed by atoms with E-state index in [2.05, 4.69) is 4.90 Å². The van der Waals surface area contributed by atoms with Crippen molar-refractivity contribution in [1.29, 1.82) is 0 Å². The number of nitrogens with zero attached hydrogens (tertiary/aromatic N) is 1. The van der Waals surface area contributed by atoms with Gasteiger partial charge in [-0.2, -0.15) is 0 Å². The lowest BCUT2D eigenvalue weighted by Gasteiger charge is -2.31. The topological polar surface area (TPSA) is 55.6 Å². The molecule has 4 heteroatoms. The molecule has 1 aliphatic rings. The van der Waals surface area contributed by atoms with E-state index in [1.54, 1.807) is 0 Å². The fraction of sp³-hybridized carbons (Fsp3) is 0.417. The van der Waals surface area contributed by atoms with Gasteiger partial charge < -0.3 is 15.3 Å². The first-order valence-corrected chi connectivity index (χ1v) is 5.42. The van der Waals surface area contributed by atoms with Gasteiger partial charge in [-0.15, -0.1) is 0 Å². The molecule has 0 amide bonds. The summed E-state index contributed by atoms with van der Waals surface area (Å²) in [5.74, 6) is 0. The minimum atomic E-state index is 0.0252. The summed E-state index contributed by atoms with van der Waals surface area (Å²) in [6.07, 6.45) is 0.957. The van der Waals surface area contributed by atoms with Gasteiger partial charge in [-0.05, 0) is 17.7 Å². The molecule has 0 aromatic heterocycles. The van der Waals surface area contributed by atoms with E-state index in [-0.39, 0.29) is 6.10 Å². The predicted molar refractivity (Wildman–Crippen MR) is 62.1 cm³/mol. The lowest BCUT2D eigenvalue weighted by atomic mass is 10.1. The van der Waals surface area contributed by atoms with E-state index >= 15 is 0 Å². The molecule has 1 atom stereocenters. The summed E-state index contributed by atoms with van der Waals surface area (Å²) < 4.78 is 5.68. The fourth-order valence-corrected chi connectivity index (χ4v) is 1.93. The van der Waals surface area contributed by atoms with Crippen LogP contribution in [-0.2, 0) is 9.53 Å². The zero-order valence-electron chi connectivity index (χ0n) is 9.13. The van der Waals surface area contributed by atoms with E-state index in [0.717, 1.165) is 30.6 Å². The average molecular weight is 220 g/mol. The number of morpholine rings is 1. The maximum absolute atomic E-state index is 10.5. The molecule has 1 aliphatic heterocycles. The first-order chi connectivity index (χ1) is 7.79. The number of nitrogen functional groups attached to an aromatic ring is 1. The van der Waals surface area contributed by atoms with E-state index in [9.17, 15) is 4.79 Å². The highest BCUT2D eigenvalue weighted by atomic mass is 16.5. The van der Waals surface area contributed by atoms with Crippen molar-refractivity contribution in [2.24, 2.45) is 0 Å². The molecular weight excluding hydrogens is 204 g/mol. The summed E-state index contributed by atoms with van der Waals surface area (Å²) in [5.41, 5.74) is 7.56. The summed E-state index contributed by atoms with van der Waals surface area (Å²) >= 11 is 0. The number of hydrogen-bond donors (Lipinski definition) is 1. The fourth-order valence-electron chi connectivity index (χ4n) is 1.93. The number of hydrogen-bond acceptors (Lipinski definition) is 4. The molecule has 4 nitrogen and oxygen atoms in total. The number of carbonyl (C=O) groups is 1. The Morgan fingerprint density at radius 1 is 1.56 bits per heavy atom. The lowest BCUT2D eigenvalue weighted by Crippen LogP contribution is -2.39. The second-order valence-electron chi connectivity index (χ2n) is 3.96. The second-order valence-corrected chi connectivity index (χ2v) is 3.96. The number of benzene rings is 1. The first kappa shape index (κ1) is 11.1. The van der Waals surface area contributed by atoms with Crippen LogP contribution in [-0.4, -0.2) is 37.4 Å². The Hall–Kier alpha value is -1.39. The highest BCUT2D eigenvalue weighted by Gasteiger charge is 2.21. The van der Waals surface area contributed by atoms with Crippen LogP contribution in [0.4, 0.5) is 5.69 Å². The van der Waals surface area contributed by atoms with Gasteiger partial charge in [0.2, 0.25) is 0 Å². The van der Waals surface area contributed by atoms with Crippen molar-refractivity contribution >= 4 is 12.0 Å². The number of anilines is 1. The predicted octanol–water partition coefficient (Wildman–Crippen LogP) is 0.841. The monoisotopic (exact) mass is 220 g/mol. The van der Waals surface area contributed by atoms with E-state index < -0.39 is 0 Å². The van der Waals surface area contributed by atoms with Gasteiger partial charge in [-0.25, -0.2) is 0 Å². The molecule has 16 heavy (non-hydrogen) atoms. The van der Waals surface area contributed by atoms with Gasteiger partial charge in [0, 0.05) is 18.8 Å². The van der Waals surface area contributed by atoms with Crippen molar-refractivity contribution in [3.63, 3.8) is 0 Å². The van der Waals surface area contributed by atoms with Crippen molar-refractivity contribution in [3.8, 4) is 0 Å². The first-order valence-electron chi connectivity index (χ1n) is 5.42. The van der Waals surface area contributed by atoms with Crippen LogP contribution in [0.2, 0.25) is 0 Å². The van der Waals surface area contributed by atoms with Crippen LogP contribution >= 0.6 is 0 Å². The Labute approximate surface area is 95.0 Å². The molecule has 1 heterocycles. The molecule has 0 saturated carbocycles. The van der Waals surface area contributed by atoms with Gasteiger partial charge in [-0.1, -0.05) is 12.1 Å². The van der Waals surface area contributed by atoms with Crippen molar-refractivity contribution < 1.29 is 9.53 Å². The van der Waals surface area contributed by atoms with Crippen molar-refractivity contribution in [1.82, 2.24) is 4.90 Å². The molecule has 0 radical (unpaired) electrons. The molecule has 1 saturated heterocycles. The quantitative estimate of drug-likeness (QED) is 0.606. The highest BCUT2D eigenvalue weighted by Crippen LogP contribution is 2.23. The van der Waals surface area contributed by atoms with Crippen LogP contribution in [0.5, 0.6) is 0 Å². The van der Waals surface area contributed by atoms with Crippen LogP contribution < -0.4 is 5.73 Å². The van der Waals surface area contributed by atoms with E-state index in [0.29, 0.717) is 13.2 Å². The smallest absolute Gasteiger partial charge is 0.133 e. The molecule has 0 aliphatic carbocycles. The third-order valence-corrected chi connectivity index (χ3v) is 2.77. The van der Waals surface area contributed by atoms with Crippen LogP contribution in [0, 0.1) is 0 Å². The molecule has 2 rings (SSSR count). The standard InChI is InChI=1S/C12H16N2O2/c13-11-3-1-2-10(8-11)12-9-14(4-6-15)5-7-16-12/h1-3,6,8,12H,4-5,7,9,13H2. The lowest BCUT2D eigenvalue weighted by molar-refractivity contribution is -0.111. The van der Waals surface area contributed by atoms with Gasteiger partial charge >= 0.3 is 0 Å². The van der Waals surface area contributed by atoms with Gasteiger partial charge in [0.25, 0.3) is 0 Å². The number of ether oxygens (including phenoxy) is 1. The van der Waals surface area contributed by atoms with E-state index in [1.165, 1.54) is 0 Å². The Balaban J connectivity index is 2.06. The Morgan fingerprint density at radius 2 is 2.44 bits per heavy atom. The third-order valence-electron chi connectivity index (χ3n) is 2.77. The van der Waals surface area contributed by atoms with Gasteiger partial charge in [-0.3, -0.25) is 4.90 Å².